The van der Waals surface area contributed by atoms with E-state index in [1.165, 1.54) is 27.9 Å². The van der Waals surface area contributed by atoms with E-state index in [1.54, 1.807) is 0 Å². The topological polar surface area (TPSA) is 3.24 Å². The monoisotopic (exact) mass is 289 g/mol. The van der Waals surface area contributed by atoms with Crippen LogP contribution in [0.3, 0.4) is 0 Å². The highest BCUT2D eigenvalue weighted by atomic mass is 15.1. The van der Waals surface area contributed by atoms with Gasteiger partial charge < -0.3 is 4.90 Å². The van der Waals surface area contributed by atoms with Gasteiger partial charge >= 0.3 is 0 Å². The predicted molar refractivity (Wildman–Crippen MR) is 97.4 cm³/mol. The minimum atomic E-state index is -0.107. The Morgan fingerprint density at radius 1 is 0.818 bits per heavy atom. The first kappa shape index (κ1) is 14.6. The maximum absolute atomic E-state index is 2.32. The number of fused-ring (bicyclic) bond motifs is 1. The molecule has 1 aliphatic carbocycles. The van der Waals surface area contributed by atoms with E-state index in [9.17, 15) is 0 Å². The van der Waals surface area contributed by atoms with E-state index in [0.29, 0.717) is 0 Å². The van der Waals surface area contributed by atoms with Crippen LogP contribution in [-0.2, 0) is 5.41 Å². The van der Waals surface area contributed by atoms with Gasteiger partial charge in [0.2, 0.25) is 0 Å². The van der Waals surface area contributed by atoms with Crippen molar-refractivity contribution in [2.75, 3.05) is 19.0 Å². The maximum Gasteiger partial charge on any atom is 0.0435 e. The van der Waals surface area contributed by atoms with Gasteiger partial charge in [0.1, 0.15) is 0 Å². The normalized spacial score (nSPS) is 15.3. The molecule has 0 unspecified atom stereocenters. The molecular formula is C21H23N. The lowest BCUT2D eigenvalue weighted by Gasteiger charge is -2.29. The van der Waals surface area contributed by atoms with Gasteiger partial charge in [-0.3, -0.25) is 0 Å². The Morgan fingerprint density at radius 2 is 1.41 bits per heavy atom. The number of rotatable bonds is 2. The predicted octanol–water partition coefficient (Wildman–Crippen LogP) is 5.06. The number of hydrogen-bond donors (Lipinski definition) is 0. The highest BCUT2D eigenvalue weighted by molar-refractivity contribution is 5.73. The van der Waals surface area contributed by atoms with Crippen LogP contribution in [0.5, 0.6) is 0 Å². The number of aryl methyl sites for hydroxylation is 1. The van der Waals surface area contributed by atoms with Crippen LogP contribution in [-0.4, -0.2) is 14.1 Å². The standard InChI is InChI=1S/C21H23N/c1-16-8-7-11-19(20(16)22(3)4)21(2)14-12-17-9-5-6-10-18(17)13-15-21/h5-15H,1-4H3. The van der Waals surface area contributed by atoms with Crippen molar-refractivity contribution in [1.82, 2.24) is 0 Å². The summed E-state index contributed by atoms with van der Waals surface area (Å²) in [7, 11) is 4.24. The molecule has 2 aromatic carbocycles. The van der Waals surface area contributed by atoms with Crippen LogP contribution in [0.15, 0.2) is 54.6 Å². The summed E-state index contributed by atoms with van der Waals surface area (Å²) in [6.45, 7) is 4.47. The van der Waals surface area contributed by atoms with E-state index in [0.717, 1.165) is 0 Å². The Bertz CT molecular complexity index is 717. The van der Waals surface area contributed by atoms with E-state index in [2.05, 4.69) is 99.6 Å². The SMILES string of the molecule is Cc1cccc(C2(C)C=Cc3ccccc3C=C2)c1N(C)C. The van der Waals surface area contributed by atoms with Crippen molar-refractivity contribution in [3.05, 3.63) is 76.9 Å². The minimum Gasteiger partial charge on any atom is -0.377 e. The molecule has 0 saturated carbocycles. The van der Waals surface area contributed by atoms with Crippen LogP contribution < -0.4 is 4.90 Å². The fraction of sp³-hybridized carbons (Fsp3) is 0.238. The summed E-state index contributed by atoms with van der Waals surface area (Å²) in [6.07, 6.45) is 9.13. The molecule has 0 saturated heterocycles. The highest BCUT2D eigenvalue weighted by Crippen LogP contribution is 2.38. The second kappa shape index (κ2) is 5.49. The van der Waals surface area contributed by atoms with E-state index in [-0.39, 0.29) is 5.41 Å². The average Bonchev–Trinajstić information content (AvgIpc) is 2.68. The molecule has 0 heterocycles. The maximum atomic E-state index is 2.32. The third-order valence-electron chi connectivity index (χ3n) is 4.48. The second-order valence-electron chi connectivity index (χ2n) is 6.44. The Balaban J connectivity index is 2.16. The number of nitrogens with zero attached hydrogens (tertiary/aromatic N) is 1. The zero-order valence-electron chi connectivity index (χ0n) is 13.8. The van der Waals surface area contributed by atoms with Crippen LogP contribution in [0, 0.1) is 6.92 Å². The average molecular weight is 289 g/mol. The Labute approximate surface area is 133 Å². The van der Waals surface area contributed by atoms with Gasteiger partial charge in [-0.1, -0.05) is 66.8 Å². The fourth-order valence-electron chi connectivity index (χ4n) is 3.26. The molecule has 1 nitrogen and oxygen atoms in total. The smallest absolute Gasteiger partial charge is 0.0435 e. The van der Waals surface area contributed by atoms with E-state index in [4.69, 9.17) is 0 Å². The minimum absolute atomic E-state index is 0.107. The van der Waals surface area contributed by atoms with Crippen LogP contribution in [0.1, 0.15) is 29.2 Å². The van der Waals surface area contributed by atoms with Crippen molar-refractivity contribution in [3.63, 3.8) is 0 Å². The Morgan fingerprint density at radius 3 is 1.95 bits per heavy atom. The van der Waals surface area contributed by atoms with Gasteiger partial charge in [0.05, 0.1) is 0 Å². The van der Waals surface area contributed by atoms with Crippen molar-refractivity contribution < 1.29 is 0 Å². The number of para-hydroxylation sites is 1. The van der Waals surface area contributed by atoms with Gasteiger partial charge in [-0.25, -0.2) is 0 Å². The largest absolute Gasteiger partial charge is 0.377 e. The van der Waals surface area contributed by atoms with Crippen LogP contribution >= 0.6 is 0 Å². The molecule has 112 valence electrons. The molecule has 0 radical (unpaired) electrons. The van der Waals surface area contributed by atoms with Gasteiger partial charge in [0.15, 0.2) is 0 Å². The van der Waals surface area contributed by atoms with E-state index >= 15 is 0 Å². The third-order valence-corrected chi connectivity index (χ3v) is 4.48. The van der Waals surface area contributed by atoms with Gasteiger partial charge in [0, 0.05) is 25.2 Å². The fourth-order valence-corrected chi connectivity index (χ4v) is 3.26. The van der Waals surface area contributed by atoms with Gasteiger partial charge in [-0.2, -0.15) is 0 Å². The summed E-state index contributed by atoms with van der Waals surface area (Å²) < 4.78 is 0. The molecule has 0 amide bonds. The summed E-state index contributed by atoms with van der Waals surface area (Å²) in [4.78, 5) is 2.22. The van der Waals surface area contributed by atoms with E-state index in [1.807, 2.05) is 0 Å². The molecule has 0 aromatic heterocycles. The molecule has 0 spiro atoms. The third kappa shape index (κ3) is 2.48. The molecule has 0 fully saturated rings. The summed E-state index contributed by atoms with van der Waals surface area (Å²) in [5, 5.41) is 0. The van der Waals surface area contributed by atoms with Crippen LogP contribution in [0.4, 0.5) is 5.69 Å². The second-order valence-corrected chi connectivity index (χ2v) is 6.44. The van der Waals surface area contributed by atoms with Crippen molar-refractivity contribution in [1.29, 1.82) is 0 Å². The zero-order valence-corrected chi connectivity index (χ0v) is 13.8. The summed E-state index contributed by atoms with van der Waals surface area (Å²) in [6, 6.07) is 15.1. The molecule has 0 aliphatic heterocycles. The van der Waals surface area contributed by atoms with Gasteiger partial charge in [0.25, 0.3) is 0 Å². The molecular weight excluding hydrogens is 266 g/mol. The Hall–Kier alpha value is -2.28. The summed E-state index contributed by atoms with van der Waals surface area (Å²) in [5.41, 5.74) is 6.42. The number of benzene rings is 2. The first-order valence-corrected chi connectivity index (χ1v) is 7.76. The van der Waals surface area contributed by atoms with Gasteiger partial charge in [-0.05, 0) is 36.1 Å². The molecule has 0 N–H and O–H groups in total. The summed E-state index contributed by atoms with van der Waals surface area (Å²) in [5.74, 6) is 0. The molecule has 2 aromatic rings. The first-order valence-electron chi connectivity index (χ1n) is 7.76. The van der Waals surface area contributed by atoms with E-state index < -0.39 is 0 Å². The zero-order chi connectivity index (χ0) is 15.7. The lowest BCUT2D eigenvalue weighted by Crippen LogP contribution is -2.22. The highest BCUT2D eigenvalue weighted by Gasteiger charge is 2.26. The Kier molecular flexibility index (Phi) is 3.66. The lowest BCUT2D eigenvalue weighted by atomic mass is 9.80. The summed E-state index contributed by atoms with van der Waals surface area (Å²) >= 11 is 0. The first-order chi connectivity index (χ1) is 10.5. The molecule has 1 aliphatic rings. The molecule has 0 bridgehead atoms. The lowest BCUT2D eigenvalue weighted by molar-refractivity contribution is 0.761. The van der Waals surface area contributed by atoms with Crippen LogP contribution in [0.2, 0.25) is 0 Å². The van der Waals surface area contributed by atoms with Crippen molar-refractivity contribution in [3.8, 4) is 0 Å². The van der Waals surface area contributed by atoms with Gasteiger partial charge in [-0.15, -0.1) is 0 Å². The number of allylic oxidation sites excluding steroid dienone is 2. The van der Waals surface area contributed by atoms with Crippen molar-refractivity contribution in [2.24, 2.45) is 0 Å². The molecule has 1 heteroatoms. The van der Waals surface area contributed by atoms with Crippen molar-refractivity contribution in [2.45, 2.75) is 19.3 Å². The quantitative estimate of drug-likeness (QED) is 0.747. The molecule has 22 heavy (non-hydrogen) atoms. The molecule has 3 rings (SSSR count). The molecule has 0 atom stereocenters. The van der Waals surface area contributed by atoms with Crippen molar-refractivity contribution >= 4 is 17.8 Å². The van der Waals surface area contributed by atoms with Crippen LogP contribution in [0.25, 0.3) is 12.2 Å². The number of anilines is 1. The number of hydrogen-bond acceptors (Lipinski definition) is 1.